The van der Waals surface area contributed by atoms with E-state index in [9.17, 15) is 13.2 Å². The number of ether oxygens (including phenoxy) is 1. The highest BCUT2D eigenvalue weighted by Crippen LogP contribution is 2.33. The van der Waals surface area contributed by atoms with Crippen LogP contribution in [0.15, 0.2) is 121 Å². The first-order valence-electron chi connectivity index (χ1n) is 11.1. The van der Waals surface area contributed by atoms with E-state index in [1.54, 1.807) is 60.7 Å². The second-order valence-electron chi connectivity index (χ2n) is 7.95. The number of nitrogens with one attached hydrogen (secondary N) is 2. The van der Waals surface area contributed by atoms with Crippen molar-refractivity contribution in [3.8, 4) is 0 Å². The highest BCUT2D eigenvalue weighted by molar-refractivity contribution is 7.87. The fourth-order valence-corrected chi connectivity index (χ4v) is 5.46. The summed E-state index contributed by atoms with van der Waals surface area (Å²) in [5.41, 5.74) is 0.569. The molecule has 0 fully saturated rings. The SMILES string of the molecule is COC(=O)C(NS(=O)(=O)NC(c1ccccc1)c1ccccc1)(c1ccccc1)c1ccccc1. The fourth-order valence-electron chi connectivity index (χ4n) is 4.10. The van der Waals surface area contributed by atoms with Gasteiger partial charge in [-0.05, 0) is 22.3 Å². The fraction of sp³-hybridized carbons (Fsp3) is 0.107. The van der Waals surface area contributed by atoms with Crippen LogP contribution in [0.3, 0.4) is 0 Å². The molecule has 0 aliphatic rings. The summed E-state index contributed by atoms with van der Waals surface area (Å²) in [5.74, 6) is -0.753. The molecule has 178 valence electrons. The van der Waals surface area contributed by atoms with Crippen molar-refractivity contribution in [2.24, 2.45) is 0 Å². The minimum atomic E-state index is -4.29. The van der Waals surface area contributed by atoms with Crippen LogP contribution in [-0.2, 0) is 25.3 Å². The van der Waals surface area contributed by atoms with Crippen molar-refractivity contribution in [1.29, 1.82) is 0 Å². The van der Waals surface area contributed by atoms with Gasteiger partial charge in [-0.3, -0.25) is 0 Å². The van der Waals surface area contributed by atoms with Gasteiger partial charge in [-0.25, -0.2) is 4.79 Å². The van der Waals surface area contributed by atoms with Gasteiger partial charge in [0.2, 0.25) is 0 Å². The van der Waals surface area contributed by atoms with Gasteiger partial charge in [0.15, 0.2) is 5.54 Å². The minimum Gasteiger partial charge on any atom is -0.467 e. The van der Waals surface area contributed by atoms with E-state index >= 15 is 0 Å². The van der Waals surface area contributed by atoms with E-state index in [1.807, 2.05) is 60.7 Å². The van der Waals surface area contributed by atoms with E-state index in [1.165, 1.54) is 7.11 Å². The summed E-state index contributed by atoms with van der Waals surface area (Å²) in [7, 11) is -3.05. The van der Waals surface area contributed by atoms with Crippen molar-refractivity contribution < 1.29 is 17.9 Å². The van der Waals surface area contributed by atoms with Gasteiger partial charge in [-0.2, -0.15) is 17.9 Å². The van der Waals surface area contributed by atoms with E-state index in [4.69, 9.17) is 4.74 Å². The summed E-state index contributed by atoms with van der Waals surface area (Å²) in [6.07, 6.45) is 0. The van der Waals surface area contributed by atoms with Crippen molar-refractivity contribution in [2.75, 3.05) is 7.11 Å². The molecule has 4 rings (SSSR count). The van der Waals surface area contributed by atoms with Gasteiger partial charge in [0, 0.05) is 0 Å². The maximum Gasteiger partial charge on any atom is 0.336 e. The third-order valence-corrected chi connectivity index (χ3v) is 6.85. The van der Waals surface area contributed by atoms with Gasteiger partial charge in [-0.15, -0.1) is 0 Å². The van der Waals surface area contributed by atoms with Crippen LogP contribution in [0, 0.1) is 0 Å². The van der Waals surface area contributed by atoms with Crippen molar-refractivity contribution in [3.63, 3.8) is 0 Å². The van der Waals surface area contributed by atoms with Gasteiger partial charge < -0.3 is 4.74 Å². The molecule has 2 N–H and O–H groups in total. The van der Waals surface area contributed by atoms with Crippen molar-refractivity contribution in [3.05, 3.63) is 144 Å². The van der Waals surface area contributed by atoms with Crippen LogP contribution in [0.2, 0.25) is 0 Å². The third kappa shape index (κ3) is 5.33. The normalized spacial score (nSPS) is 11.8. The highest BCUT2D eigenvalue weighted by Gasteiger charge is 2.47. The molecular weight excluding hydrogens is 460 g/mol. The lowest BCUT2D eigenvalue weighted by Gasteiger charge is -2.33. The third-order valence-electron chi connectivity index (χ3n) is 5.73. The van der Waals surface area contributed by atoms with E-state index in [0.29, 0.717) is 11.1 Å². The lowest BCUT2D eigenvalue weighted by Crippen LogP contribution is -2.56. The molecule has 0 heterocycles. The van der Waals surface area contributed by atoms with Gasteiger partial charge in [0.05, 0.1) is 13.2 Å². The maximum atomic E-state index is 13.7. The van der Waals surface area contributed by atoms with Crippen LogP contribution in [0.25, 0.3) is 0 Å². The largest absolute Gasteiger partial charge is 0.467 e. The molecule has 35 heavy (non-hydrogen) atoms. The van der Waals surface area contributed by atoms with Crippen molar-refractivity contribution in [1.82, 2.24) is 9.44 Å². The Bertz CT molecular complexity index is 1270. The number of rotatable bonds is 9. The Morgan fingerprint density at radius 1 is 0.686 bits per heavy atom. The lowest BCUT2D eigenvalue weighted by molar-refractivity contribution is -0.146. The van der Waals surface area contributed by atoms with Crippen LogP contribution in [-0.4, -0.2) is 21.5 Å². The molecule has 7 heteroatoms. The highest BCUT2D eigenvalue weighted by atomic mass is 32.2. The summed E-state index contributed by atoms with van der Waals surface area (Å²) in [5, 5.41) is 0. The first-order chi connectivity index (χ1) is 17.0. The Morgan fingerprint density at radius 2 is 1.06 bits per heavy atom. The smallest absolute Gasteiger partial charge is 0.336 e. The predicted octanol–water partition coefficient (Wildman–Crippen LogP) is 4.32. The van der Waals surface area contributed by atoms with E-state index in [0.717, 1.165) is 11.1 Å². The zero-order valence-electron chi connectivity index (χ0n) is 19.2. The van der Waals surface area contributed by atoms with E-state index in [2.05, 4.69) is 9.44 Å². The van der Waals surface area contributed by atoms with Gasteiger partial charge >= 0.3 is 5.97 Å². The molecule has 0 spiro atoms. The molecule has 6 nitrogen and oxygen atoms in total. The standard InChI is InChI=1S/C28H26N2O4S/c1-34-27(31)28(24-18-10-4-11-19-24,25-20-12-5-13-21-25)30-35(32,33)29-26(22-14-6-2-7-15-22)23-16-8-3-9-17-23/h2-21,26,29-30H,1H3. The summed E-state index contributed by atoms with van der Waals surface area (Å²) >= 11 is 0. The lowest BCUT2D eigenvalue weighted by atomic mass is 9.84. The Kier molecular flexibility index (Phi) is 7.41. The monoisotopic (exact) mass is 486 g/mol. The molecule has 0 saturated heterocycles. The van der Waals surface area contributed by atoms with Gasteiger partial charge in [-0.1, -0.05) is 121 Å². The molecule has 0 amide bonds. The summed E-state index contributed by atoms with van der Waals surface area (Å²) in [6.45, 7) is 0. The molecule has 0 bridgehead atoms. The first kappa shape index (κ1) is 24.3. The molecular formula is C28H26N2O4S. The number of hydrogen-bond acceptors (Lipinski definition) is 4. The second-order valence-corrected chi connectivity index (χ2v) is 9.40. The zero-order chi connectivity index (χ0) is 24.7. The molecule has 0 aliphatic carbocycles. The second kappa shape index (κ2) is 10.7. The summed E-state index contributed by atoms with van der Waals surface area (Å²) < 4.78 is 38.0. The van der Waals surface area contributed by atoms with Gasteiger partial charge in [0.1, 0.15) is 0 Å². The number of benzene rings is 4. The molecule has 0 aromatic heterocycles. The number of carbonyl (C=O) groups excluding carboxylic acids is 1. The number of hydrogen-bond donors (Lipinski definition) is 2. The van der Waals surface area contributed by atoms with E-state index < -0.39 is 27.8 Å². The number of methoxy groups -OCH3 is 1. The average Bonchev–Trinajstić information content (AvgIpc) is 2.92. The molecule has 0 unspecified atom stereocenters. The van der Waals surface area contributed by atoms with Crippen LogP contribution in [0.4, 0.5) is 0 Å². The molecule has 0 atom stereocenters. The topological polar surface area (TPSA) is 84.5 Å². The Morgan fingerprint density at radius 3 is 1.43 bits per heavy atom. The maximum absolute atomic E-state index is 13.7. The van der Waals surface area contributed by atoms with Crippen molar-refractivity contribution in [2.45, 2.75) is 11.6 Å². The zero-order valence-corrected chi connectivity index (χ0v) is 20.0. The number of carbonyl (C=O) groups is 1. The van der Waals surface area contributed by atoms with Crippen LogP contribution in [0.5, 0.6) is 0 Å². The molecule has 0 aliphatic heterocycles. The quantitative estimate of drug-likeness (QED) is 0.345. The Hall–Kier alpha value is -3.78. The molecule has 0 saturated carbocycles. The minimum absolute atomic E-state index is 0.430. The average molecular weight is 487 g/mol. The van der Waals surface area contributed by atoms with Crippen LogP contribution < -0.4 is 9.44 Å². The Labute approximate surface area is 205 Å². The number of esters is 1. The summed E-state index contributed by atoms with van der Waals surface area (Å²) in [4.78, 5) is 13.4. The summed E-state index contributed by atoms with van der Waals surface area (Å²) in [6, 6.07) is 35.2. The van der Waals surface area contributed by atoms with Crippen molar-refractivity contribution >= 4 is 16.2 Å². The van der Waals surface area contributed by atoms with Gasteiger partial charge in [0.25, 0.3) is 10.2 Å². The Balaban J connectivity index is 1.82. The first-order valence-corrected chi connectivity index (χ1v) is 12.6. The molecule has 4 aromatic carbocycles. The molecule has 4 aromatic rings. The molecule has 0 radical (unpaired) electrons. The van der Waals surface area contributed by atoms with E-state index in [-0.39, 0.29) is 0 Å². The van der Waals surface area contributed by atoms with Crippen LogP contribution in [0.1, 0.15) is 28.3 Å². The van der Waals surface area contributed by atoms with Crippen LogP contribution >= 0.6 is 0 Å². The predicted molar refractivity (Wildman–Crippen MR) is 136 cm³/mol.